The van der Waals surface area contributed by atoms with Gasteiger partial charge in [0, 0.05) is 42.2 Å². The van der Waals surface area contributed by atoms with Gasteiger partial charge in [0.1, 0.15) is 11.5 Å². The number of nitrogens with zero attached hydrogens (tertiary/aromatic N) is 1. The molecule has 0 saturated heterocycles. The van der Waals surface area contributed by atoms with Crippen LogP contribution in [0.5, 0.6) is 11.5 Å². The van der Waals surface area contributed by atoms with E-state index in [2.05, 4.69) is 25.6 Å². The van der Waals surface area contributed by atoms with Crippen molar-refractivity contribution >= 4 is 23.5 Å². The Balaban J connectivity index is 1.44. The fourth-order valence-electron chi connectivity index (χ4n) is 3.10. The van der Waals surface area contributed by atoms with Crippen molar-refractivity contribution in [3.63, 3.8) is 0 Å². The number of nitrogens with one attached hydrogen (secondary N) is 3. The molecule has 3 heterocycles. The van der Waals surface area contributed by atoms with Crippen molar-refractivity contribution in [3.8, 4) is 22.9 Å². The first-order chi connectivity index (χ1) is 16.9. The first-order valence-electron chi connectivity index (χ1n) is 10.7. The van der Waals surface area contributed by atoms with Gasteiger partial charge < -0.3 is 24.3 Å². The Kier molecular flexibility index (Phi) is 6.91. The van der Waals surface area contributed by atoms with Gasteiger partial charge in [-0.2, -0.15) is 5.48 Å². The summed E-state index contributed by atoms with van der Waals surface area (Å²) in [5, 5.41) is 2.78. The summed E-state index contributed by atoms with van der Waals surface area (Å²) in [4.78, 5) is 47.7. The summed E-state index contributed by atoms with van der Waals surface area (Å²) < 4.78 is 11.2. The maximum Gasteiger partial charge on any atom is 0.331 e. The molecule has 0 unspecified atom stereocenters. The van der Waals surface area contributed by atoms with Crippen LogP contribution in [0, 0.1) is 6.92 Å². The monoisotopic (exact) mass is 474 g/mol. The first-order valence-corrected chi connectivity index (χ1v) is 10.7. The largest absolute Gasteiger partial charge is 0.459 e. The van der Waals surface area contributed by atoms with Crippen molar-refractivity contribution in [1.82, 2.24) is 15.4 Å². The van der Waals surface area contributed by atoms with E-state index >= 15 is 0 Å². The number of H-pyrrole nitrogens is 1. The van der Waals surface area contributed by atoms with Crippen LogP contribution in [0.25, 0.3) is 11.4 Å². The lowest BCUT2D eigenvalue weighted by atomic mass is 10.2. The number of furan rings is 1. The molecule has 0 bridgehead atoms. The molecule has 0 spiro atoms. The third kappa shape index (κ3) is 5.74. The number of aryl methyl sites for hydroxylation is 1. The number of benzene rings is 1. The Morgan fingerprint density at radius 3 is 2.66 bits per heavy atom. The number of rotatable bonds is 7. The lowest BCUT2D eigenvalue weighted by Gasteiger charge is -2.09. The van der Waals surface area contributed by atoms with E-state index < -0.39 is 11.9 Å². The van der Waals surface area contributed by atoms with Crippen LogP contribution in [0.2, 0.25) is 0 Å². The van der Waals surface area contributed by atoms with Crippen molar-refractivity contribution in [3.05, 3.63) is 84.1 Å². The molecule has 35 heavy (non-hydrogen) atoms. The molecule has 0 radical (unpaired) electrons. The summed E-state index contributed by atoms with van der Waals surface area (Å²) in [7, 11) is 0. The number of carbonyl (C=O) groups is 3. The van der Waals surface area contributed by atoms with Gasteiger partial charge in [0.2, 0.25) is 0 Å². The van der Waals surface area contributed by atoms with Gasteiger partial charge >= 0.3 is 5.97 Å². The van der Waals surface area contributed by atoms with Gasteiger partial charge in [-0.3, -0.25) is 14.6 Å². The highest BCUT2D eigenvalue weighted by Crippen LogP contribution is 2.27. The minimum atomic E-state index is -0.565. The maximum absolute atomic E-state index is 12.4. The minimum Gasteiger partial charge on any atom is -0.459 e. The molecule has 0 aliphatic rings. The van der Waals surface area contributed by atoms with Crippen molar-refractivity contribution in [2.45, 2.75) is 20.3 Å². The van der Waals surface area contributed by atoms with Crippen LogP contribution >= 0.6 is 0 Å². The molecule has 3 N–H and O–H groups in total. The topological polar surface area (TPSA) is 136 Å². The van der Waals surface area contributed by atoms with E-state index in [1.807, 2.05) is 0 Å². The molecule has 1 aromatic carbocycles. The summed E-state index contributed by atoms with van der Waals surface area (Å²) in [5.41, 5.74) is 4.75. The molecule has 3 aromatic heterocycles. The fraction of sp³-hybridized carbons (Fsp3) is 0.120. The number of ether oxygens (including phenoxy) is 1. The van der Waals surface area contributed by atoms with Crippen molar-refractivity contribution in [2.24, 2.45) is 0 Å². The van der Waals surface area contributed by atoms with Gasteiger partial charge in [-0.15, -0.1) is 0 Å². The van der Waals surface area contributed by atoms with E-state index in [0.717, 1.165) is 5.56 Å². The smallest absolute Gasteiger partial charge is 0.331 e. The van der Waals surface area contributed by atoms with Gasteiger partial charge in [0.25, 0.3) is 11.8 Å². The van der Waals surface area contributed by atoms with Crippen LogP contribution in [-0.4, -0.2) is 27.8 Å². The Morgan fingerprint density at radius 2 is 1.89 bits per heavy atom. The van der Waals surface area contributed by atoms with Crippen LogP contribution in [0.4, 0.5) is 5.69 Å². The van der Waals surface area contributed by atoms with Gasteiger partial charge in [0.15, 0.2) is 5.76 Å². The molecular weight excluding hydrogens is 452 g/mol. The van der Waals surface area contributed by atoms with Gasteiger partial charge in [0.05, 0.1) is 23.2 Å². The van der Waals surface area contributed by atoms with E-state index in [0.29, 0.717) is 28.6 Å². The molecular formula is C25H22N4O6. The van der Waals surface area contributed by atoms with Crippen LogP contribution in [0.15, 0.2) is 71.6 Å². The zero-order chi connectivity index (χ0) is 24.8. The third-order valence-electron chi connectivity index (χ3n) is 4.89. The number of hydrogen-bond acceptors (Lipinski definition) is 7. The first kappa shape index (κ1) is 23.3. The molecule has 4 rings (SSSR count). The standard InChI is InChI=1S/C25H22N4O6/c1-3-22(30)35-29-24(31)16-11-20(27-14-16)21-13-19(7-9-26-21)34-18-6-4-5-17(12-18)28-25(32)23-15(2)8-10-33-23/h4-14,27H,3H2,1-2H3,(H,28,32)(H,29,31). The van der Waals surface area contributed by atoms with Crippen molar-refractivity contribution in [1.29, 1.82) is 0 Å². The van der Waals surface area contributed by atoms with E-state index in [1.54, 1.807) is 68.6 Å². The molecule has 0 atom stereocenters. The van der Waals surface area contributed by atoms with Gasteiger partial charge in [-0.1, -0.05) is 13.0 Å². The molecule has 4 aromatic rings. The zero-order valence-corrected chi connectivity index (χ0v) is 19.0. The molecule has 178 valence electrons. The Bertz CT molecular complexity index is 1370. The summed E-state index contributed by atoms with van der Waals surface area (Å²) >= 11 is 0. The molecule has 10 heteroatoms. The zero-order valence-electron chi connectivity index (χ0n) is 19.0. The minimum absolute atomic E-state index is 0.147. The predicted octanol–water partition coefficient (Wildman–Crippen LogP) is 4.62. The average molecular weight is 474 g/mol. The number of amides is 2. The van der Waals surface area contributed by atoms with E-state index in [9.17, 15) is 14.4 Å². The van der Waals surface area contributed by atoms with Crippen LogP contribution in [0.1, 0.15) is 39.8 Å². The number of anilines is 1. The van der Waals surface area contributed by atoms with Gasteiger partial charge in [-0.25, -0.2) is 4.79 Å². The SMILES string of the molecule is CCC(=O)ONC(=O)c1c[nH]c(-c2cc(Oc3cccc(NC(=O)c4occc4C)c3)ccn2)c1. The highest BCUT2D eigenvalue weighted by atomic mass is 16.7. The lowest BCUT2D eigenvalue weighted by molar-refractivity contribution is -0.148. The highest BCUT2D eigenvalue weighted by Gasteiger charge is 2.14. The van der Waals surface area contributed by atoms with Crippen molar-refractivity contribution in [2.75, 3.05) is 5.32 Å². The highest BCUT2D eigenvalue weighted by molar-refractivity contribution is 6.03. The number of carbonyl (C=O) groups excluding carboxylic acids is 3. The van der Waals surface area contributed by atoms with Crippen LogP contribution in [-0.2, 0) is 9.63 Å². The third-order valence-corrected chi connectivity index (χ3v) is 4.89. The lowest BCUT2D eigenvalue weighted by Crippen LogP contribution is -2.26. The second kappa shape index (κ2) is 10.4. The summed E-state index contributed by atoms with van der Waals surface area (Å²) in [6.45, 7) is 3.41. The fourth-order valence-corrected chi connectivity index (χ4v) is 3.10. The molecule has 0 aliphatic carbocycles. The number of hydrogen-bond donors (Lipinski definition) is 3. The van der Waals surface area contributed by atoms with Crippen LogP contribution in [0.3, 0.4) is 0 Å². The average Bonchev–Trinajstić information content (AvgIpc) is 3.52. The predicted molar refractivity (Wildman–Crippen MR) is 126 cm³/mol. The second-order valence-corrected chi connectivity index (χ2v) is 7.45. The molecule has 0 fully saturated rings. The molecule has 0 saturated carbocycles. The normalized spacial score (nSPS) is 10.5. The van der Waals surface area contributed by atoms with E-state index in [4.69, 9.17) is 9.15 Å². The Hall–Kier alpha value is -4.86. The Morgan fingerprint density at radius 1 is 1.06 bits per heavy atom. The number of hydroxylamine groups is 1. The second-order valence-electron chi connectivity index (χ2n) is 7.45. The maximum atomic E-state index is 12.4. The summed E-state index contributed by atoms with van der Waals surface area (Å²) in [5.74, 6) is -0.214. The number of pyridine rings is 1. The number of aromatic amines is 1. The summed E-state index contributed by atoms with van der Waals surface area (Å²) in [6.07, 6.45) is 4.66. The number of aromatic nitrogens is 2. The quantitative estimate of drug-likeness (QED) is 0.333. The molecule has 10 nitrogen and oxygen atoms in total. The molecule has 2 amide bonds. The molecule has 0 aliphatic heterocycles. The Labute approximate surface area is 200 Å². The summed E-state index contributed by atoms with van der Waals surface area (Å²) in [6, 6.07) is 13.6. The van der Waals surface area contributed by atoms with Crippen molar-refractivity contribution < 1.29 is 28.4 Å². The van der Waals surface area contributed by atoms with Gasteiger partial charge in [-0.05, 0) is 37.3 Å². The van der Waals surface area contributed by atoms with Crippen LogP contribution < -0.4 is 15.5 Å². The van der Waals surface area contributed by atoms with E-state index in [-0.39, 0.29) is 23.7 Å². The van der Waals surface area contributed by atoms with E-state index in [1.165, 1.54) is 12.5 Å².